The Balaban J connectivity index is 0.00000196. The molecule has 1 spiro atoms. The Kier molecular flexibility index (Phi) is 4.89. The van der Waals surface area contributed by atoms with Gasteiger partial charge in [0.15, 0.2) is 11.5 Å². The lowest BCUT2D eigenvalue weighted by molar-refractivity contribution is -0.915. The summed E-state index contributed by atoms with van der Waals surface area (Å²) < 4.78 is 12.8. The molecule has 140 valence electrons. The third-order valence-electron chi connectivity index (χ3n) is 6.25. The molecule has 5 heteroatoms. The molecule has 0 radical (unpaired) electrons. The largest absolute Gasteiger partial charge is 1.00 e. The van der Waals surface area contributed by atoms with Gasteiger partial charge in [0.1, 0.15) is 19.2 Å². The average molecular weight is 420 g/mol. The zero-order valence-corrected chi connectivity index (χ0v) is 17.2. The zero-order valence-electron chi connectivity index (χ0n) is 15.6. The van der Waals surface area contributed by atoms with Gasteiger partial charge in [-0.2, -0.15) is 0 Å². The lowest BCUT2D eigenvalue weighted by Crippen LogP contribution is -3.00. The minimum atomic E-state index is -0.449. The van der Waals surface area contributed by atoms with Crippen molar-refractivity contribution in [3.63, 3.8) is 0 Å². The first-order valence-electron chi connectivity index (χ1n) is 8.94. The van der Waals surface area contributed by atoms with Crippen LogP contribution >= 0.6 is 0 Å². The number of aliphatic hydroxyl groups is 1. The molecule has 0 saturated carbocycles. The van der Waals surface area contributed by atoms with Crippen LogP contribution in [0.2, 0.25) is 0 Å². The van der Waals surface area contributed by atoms with E-state index in [4.69, 9.17) is 15.9 Å². The van der Waals surface area contributed by atoms with E-state index >= 15 is 0 Å². The standard InChI is InChI=1S/C21H26NO3.BrH/c1-5-9-22(3)10-8-21-7-6-15(23)12-18(21)25-20-17(24-4)11-14(2)16(13-22)19(20)21;/h1,6-7,11,15,18,23H,8-10,12-13H2,2-4H3;1H/q+1;/p-1/t15-,18?,21?,22?;/m1./s1. The number of benzene rings is 1. The SMILES string of the molecule is C#CC[N+]1(C)CCC23C=C[C@@H](O)CC2Oc2c(OC)cc(C)c(c23)C1.[Br-]. The lowest BCUT2D eigenvalue weighted by Gasteiger charge is -2.36. The fourth-order valence-electron chi connectivity index (χ4n) is 4.85. The van der Waals surface area contributed by atoms with Crippen molar-refractivity contribution in [2.24, 2.45) is 0 Å². The van der Waals surface area contributed by atoms with Crippen LogP contribution in [-0.2, 0) is 12.0 Å². The van der Waals surface area contributed by atoms with Gasteiger partial charge in [-0.1, -0.05) is 12.2 Å². The fourth-order valence-corrected chi connectivity index (χ4v) is 4.85. The number of terminal acetylenes is 1. The van der Waals surface area contributed by atoms with Crippen molar-refractivity contribution in [1.82, 2.24) is 0 Å². The molecule has 1 N–H and O–H groups in total. The molecule has 1 aliphatic carbocycles. The normalized spacial score (nSPS) is 33.8. The number of quaternary nitrogens is 1. The molecule has 0 aromatic heterocycles. The van der Waals surface area contributed by atoms with Crippen LogP contribution in [0.3, 0.4) is 0 Å². The third-order valence-corrected chi connectivity index (χ3v) is 6.25. The Morgan fingerprint density at radius 2 is 2.27 bits per heavy atom. The molecule has 2 aliphatic heterocycles. The number of ether oxygens (including phenoxy) is 2. The van der Waals surface area contributed by atoms with Gasteiger partial charge in [0.25, 0.3) is 0 Å². The molecule has 2 heterocycles. The second kappa shape index (κ2) is 6.60. The van der Waals surface area contributed by atoms with Gasteiger partial charge in [-0.25, -0.2) is 0 Å². The molecule has 1 aromatic rings. The molecule has 26 heavy (non-hydrogen) atoms. The van der Waals surface area contributed by atoms with E-state index in [1.54, 1.807) is 7.11 Å². The van der Waals surface area contributed by atoms with Crippen LogP contribution in [0.4, 0.5) is 0 Å². The van der Waals surface area contributed by atoms with Crippen LogP contribution in [0.1, 0.15) is 29.5 Å². The summed E-state index contributed by atoms with van der Waals surface area (Å²) in [6.45, 7) is 4.75. The molecule has 0 amide bonds. The third kappa shape index (κ3) is 2.67. The molecule has 4 rings (SSSR count). The van der Waals surface area contributed by atoms with Crippen molar-refractivity contribution >= 4 is 0 Å². The Bertz CT molecular complexity index is 799. The zero-order chi connectivity index (χ0) is 17.8. The van der Waals surface area contributed by atoms with E-state index in [2.05, 4.69) is 32.0 Å². The maximum atomic E-state index is 10.1. The summed E-state index contributed by atoms with van der Waals surface area (Å²) in [5.74, 6) is 4.52. The topological polar surface area (TPSA) is 38.7 Å². The van der Waals surface area contributed by atoms with Gasteiger partial charge >= 0.3 is 0 Å². The van der Waals surface area contributed by atoms with Crippen molar-refractivity contribution in [2.75, 3.05) is 27.2 Å². The number of methoxy groups -OCH3 is 1. The van der Waals surface area contributed by atoms with Crippen LogP contribution < -0.4 is 26.5 Å². The first-order chi connectivity index (χ1) is 11.9. The summed E-state index contributed by atoms with van der Waals surface area (Å²) in [5.41, 5.74) is 3.63. The van der Waals surface area contributed by atoms with Gasteiger partial charge in [0.05, 0.1) is 32.2 Å². The predicted molar refractivity (Wildman–Crippen MR) is 96.7 cm³/mol. The number of nitrogens with zero attached hydrogens (tertiary/aromatic N) is 1. The summed E-state index contributed by atoms with van der Waals surface area (Å²) in [6, 6.07) is 2.07. The summed E-state index contributed by atoms with van der Waals surface area (Å²) in [4.78, 5) is 0. The van der Waals surface area contributed by atoms with E-state index in [-0.39, 0.29) is 28.5 Å². The fraction of sp³-hybridized carbons (Fsp3) is 0.524. The second-order valence-corrected chi connectivity index (χ2v) is 8.00. The highest BCUT2D eigenvalue weighted by molar-refractivity contribution is 5.63. The monoisotopic (exact) mass is 419 g/mol. The number of rotatable bonds is 2. The van der Waals surface area contributed by atoms with Gasteiger partial charge in [-0.3, -0.25) is 0 Å². The van der Waals surface area contributed by atoms with E-state index < -0.39 is 6.10 Å². The van der Waals surface area contributed by atoms with Crippen LogP contribution in [0.25, 0.3) is 0 Å². The van der Waals surface area contributed by atoms with E-state index in [9.17, 15) is 5.11 Å². The quantitative estimate of drug-likeness (QED) is 0.391. The summed E-state index contributed by atoms with van der Waals surface area (Å²) in [7, 11) is 3.93. The molecule has 3 aliphatic rings. The Morgan fingerprint density at radius 1 is 1.50 bits per heavy atom. The molecule has 0 saturated heterocycles. The number of aliphatic hydroxyl groups excluding tert-OH is 1. The smallest absolute Gasteiger partial charge is 0.166 e. The van der Waals surface area contributed by atoms with Crippen molar-refractivity contribution in [1.29, 1.82) is 0 Å². The highest BCUT2D eigenvalue weighted by Crippen LogP contribution is 2.56. The van der Waals surface area contributed by atoms with Gasteiger partial charge < -0.3 is 36.0 Å². The molecular formula is C21H26BrNO3. The van der Waals surface area contributed by atoms with Crippen molar-refractivity contribution < 1.29 is 36.0 Å². The Hall–Kier alpha value is -1.48. The van der Waals surface area contributed by atoms with E-state index in [0.29, 0.717) is 13.0 Å². The van der Waals surface area contributed by atoms with Crippen LogP contribution in [0, 0.1) is 19.3 Å². The maximum absolute atomic E-state index is 10.1. The average Bonchev–Trinajstić information content (AvgIpc) is 2.83. The van der Waals surface area contributed by atoms with Crippen LogP contribution in [-0.4, -0.2) is 49.0 Å². The van der Waals surface area contributed by atoms with Gasteiger partial charge in [0.2, 0.25) is 0 Å². The summed E-state index contributed by atoms with van der Waals surface area (Å²) in [6.07, 6.45) is 10.9. The Labute approximate surface area is 166 Å². The van der Waals surface area contributed by atoms with Crippen molar-refractivity contribution in [3.8, 4) is 23.8 Å². The number of hydrogen-bond donors (Lipinski definition) is 1. The molecule has 0 bridgehead atoms. The van der Waals surface area contributed by atoms with E-state index in [1.165, 1.54) is 16.7 Å². The summed E-state index contributed by atoms with van der Waals surface area (Å²) >= 11 is 0. The number of halogens is 1. The minimum absolute atomic E-state index is 0. The van der Waals surface area contributed by atoms with Crippen LogP contribution in [0.15, 0.2) is 18.2 Å². The molecular weight excluding hydrogens is 394 g/mol. The number of hydrogen-bond acceptors (Lipinski definition) is 3. The molecule has 1 aromatic carbocycles. The number of aryl methyl sites for hydroxylation is 1. The van der Waals surface area contributed by atoms with Crippen LogP contribution in [0.5, 0.6) is 11.5 Å². The molecule has 3 unspecified atom stereocenters. The second-order valence-electron chi connectivity index (χ2n) is 8.00. The van der Waals surface area contributed by atoms with Gasteiger partial charge in [-0.05, 0) is 24.5 Å². The van der Waals surface area contributed by atoms with Gasteiger partial charge in [0, 0.05) is 24.0 Å². The van der Waals surface area contributed by atoms with E-state index in [1.807, 2.05) is 6.08 Å². The molecule has 4 atom stereocenters. The summed E-state index contributed by atoms with van der Waals surface area (Å²) in [5, 5.41) is 10.1. The molecule has 4 nitrogen and oxygen atoms in total. The lowest BCUT2D eigenvalue weighted by atomic mass is 9.68. The highest BCUT2D eigenvalue weighted by atomic mass is 79.9. The van der Waals surface area contributed by atoms with E-state index in [0.717, 1.165) is 35.5 Å². The van der Waals surface area contributed by atoms with Crippen molar-refractivity contribution in [2.45, 2.75) is 43.9 Å². The molecule has 0 fully saturated rings. The van der Waals surface area contributed by atoms with Gasteiger partial charge in [-0.15, -0.1) is 6.42 Å². The highest BCUT2D eigenvalue weighted by Gasteiger charge is 2.55. The minimum Gasteiger partial charge on any atom is -1.00 e. The predicted octanol–water partition coefficient (Wildman–Crippen LogP) is -0.689. The van der Waals surface area contributed by atoms with Crippen molar-refractivity contribution in [3.05, 3.63) is 34.9 Å². The maximum Gasteiger partial charge on any atom is 0.166 e. The first kappa shape index (κ1) is 19.3. The first-order valence-corrected chi connectivity index (χ1v) is 8.94. The Morgan fingerprint density at radius 3 is 2.96 bits per heavy atom.